The van der Waals surface area contributed by atoms with Gasteiger partial charge in [-0.15, -0.1) is 10.2 Å². The van der Waals surface area contributed by atoms with Crippen LogP contribution in [-0.2, 0) is 13.0 Å². The second-order valence-electron chi connectivity index (χ2n) is 6.53. The summed E-state index contributed by atoms with van der Waals surface area (Å²) in [5.74, 6) is 0.497. The van der Waals surface area contributed by atoms with Crippen molar-refractivity contribution >= 4 is 22.3 Å². The Morgan fingerprint density at radius 2 is 2.15 bits per heavy atom. The van der Waals surface area contributed by atoms with Gasteiger partial charge in [-0.2, -0.15) is 0 Å². The molecule has 0 radical (unpaired) electrons. The number of rotatable bonds is 6. The van der Waals surface area contributed by atoms with E-state index in [0.29, 0.717) is 23.1 Å². The maximum absolute atomic E-state index is 14.0. The molecular formula is C19H21FN6S. The highest BCUT2D eigenvalue weighted by molar-refractivity contribution is 7.15. The molecule has 1 aliphatic heterocycles. The van der Waals surface area contributed by atoms with Crippen LogP contribution in [0.2, 0.25) is 0 Å². The predicted molar refractivity (Wildman–Crippen MR) is 103 cm³/mol. The molecule has 0 bridgehead atoms. The van der Waals surface area contributed by atoms with Crippen molar-refractivity contribution in [3.05, 3.63) is 58.7 Å². The van der Waals surface area contributed by atoms with E-state index in [-0.39, 0.29) is 11.9 Å². The fourth-order valence-electron chi connectivity index (χ4n) is 3.35. The molecule has 0 spiro atoms. The van der Waals surface area contributed by atoms with Gasteiger partial charge in [-0.1, -0.05) is 36.5 Å². The lowest BCUT2D eigenvalue weighted by atomic mass is 10.1. The summed E-state index contributed by atoms with van der Waals surface area (Å²) in [7, 11) is 0. The predicted octanol–water partition coefficient (Wildman–Crippen LogP) is 4.11. The van der Waals surface area contributed by atoms with E-state index in [2.05, 4.69) is 32.3 Å². The fourth-order valence-corrected chi connectivity index (χ4v) is 4.04. The molecule has 1 aliphatic rings. The van der Waals surface area contributed by atoms with Gasteiger partial charge in [0, 0.05) is 12.1 Å². The molecule has 6 nitrogen and oxygen atoms in total. The van der Waals surface area contributed by atoms with E-state index in [1.165, 1.54) is 17.4 Å². The molecule has 3 aromatic rings. The van der Waals surface area contributed by atoms with E-state index >= 15 is 0 Å². The van der Waals surface area contributed by atoms with Crippen LogP contribution in [0.1, 0.15) is 42.1 Å². The lowest BCUT2D eigenvalue weighted by Gasteiger charge is -2.24. The van der Waals surface area contributed by atoms with Gasteiger partial charge in [-0.05, 0) is 31.9 Å². The SMILES string of the molecule is CCc1nnc(Nc2cncc(C3CCCN3Cc3ccccc3F)n2)s1. The van der Waals surface area contributed by atoms with Crippen LogP contribution in [0.25, 0.3) is 0 Å². The van der Waals surface area contributed by atoms with Gasteiger partial charge in [0.1, 0.15) is 10.8 Å². The summed E-state index contributed by atoms with van der Waals surface area (Å²) >= 11 is 1.52. The van der Waals surface area contributed by atoms with E-state index in [1.54, 1.807) is 18.5 Å². The first-order chi connectivity index (χ1) is 13.2. The molecule has 1 aromatic carbocycles. The molecule has 3 heterocycles. The third kappa shape index (κ3) is 4.12. The van der Waals surface area contributed by atoms with Gasteiger partial charge in [-0.25, -0.2) is 9.37 Å². The largest absolute Gasteiger partial charge is 0.313 e. The van der Waals surface area contributed by atoms with Crippen molar-refractivity contribution in [2.45, 2.75) is 38.8 Å². The molecule has 1 atom stereocenters. The Bertz CT molecular complexity index is 914. The van der Waals surface area contributed by atoms with Gasteiger partial charge in [0.25, 0.3) is 0 Å². The molecule has 0 saturated carbocycles. The van der Waals surface area contributed by atoms with Crippen molar-refractivity contribution in [3.8, 4) is 0 Å². The zero-order chi connectivity index (χ0) is 18.6. The van der Waals surface area contributed by atoms with Crippen molar-refractivity contribution in [1.29, 1.82) is 0 Å². The molecule has 8 heteroatoms. The first-order valence-electron chi connectivity index (χ1n) is 9.11. The van der Waals surface area contributed by atoms with Crippen LogP contribution in [0.3, 0.4) is 0 Å². The molecule has 1 unspecified atom stereocenters. The van der Waals surface area contributed by atoms with E-state index in [4.69, 9.17) is 4.98 Å². The van der Waals surface area contributed by atoms with Crippen molar-refractivity contribution in [2.24, 2.45) is 0 Å². The third-order valence-electron chi connectivity index (χ3n) is 4.69. The topological polar surface area (TPSA) is 66.8 Å². The van der Waals surface area contributed by atoms with E-state index in [1.807, 2.05) is 12.1 Å². The molecule has 140 valence electrons. The van der Waals surface area contributed by atoms with Gasteiger partial charge in [0.2, 0.25) is 5.13 Å². The summed E-state index contributed by atoms with van der Waals surface area (Å²) in [4.78, 5) is 11.3. The Hall–Kier alpha value is -2.45. The number of hydrogen-bond donors (Lipinski definition) is 1. The number of anilines is 2. The van der Waals surface area contributed by atoms with Gasteiger partial charge in [0.15, 0.2) is 5.82 Å². The van der Waals surface area contributed by atoms with E-state index < -0.39 is 0 Å². The number of likely N-dealkylation sites (tertiary alicyclic amines) is 1. The molecular weight excluding hydrogens is 363 g/mol. The first kappa shape index (κ1) is 17.9. The van der Waals surface area contributed by atoms with Crippen LogP contribution < -0.4 is 5.32 Å². The number of nitrogens with zero attached hydrogens (tertiary/aromatic N) is 5. The fraction of sp³-hybridized carbons (Fsp3) is 0.368. The van der Waals surface area contributed by atoms with E-state index in [0.717, 1.165) is 36.5 Å². The van der Waals surface area contributed by atoms with Gasteiger partial charge in [-0.3, -0.25) is 9.88 Å². The van der Waals surface area contributed by atoms with E-state index in [9.17, 15) is 4.39 Å². The Balaban J connectivity index is 1.51. The van der Waals surface area contributed by atoms with Crippen LogP contribution in [0, 0.1) is 5.82 Å². The van der Waals surface area contributed by atoms with Crippen molar-refractivity contribution in [3.63, 3.8) is 0 Å². The molecule has 1 fully saturated rings. The first-order valence-corrected chi connectivity index (χ1v) is 9.93. The monoisotopic (exact) mass is 384 g/mol. The third-order valence-corrected chi connectivity index (χ3v) is 5.68. The molecule has 0 amide bonds. The smallest absolute Gasteiger partial charge is 0.211 e. The highest BCUT2D eigenvalue weighted by Gasteiger charge is 2.28. The number of hydrogen-bond acceptors (Lipinski definition) is 7. The van der Waals surface area contributed by atoms with Crippen molar-refractivity contribution < 1.29 is 4.39 Å². The number of halogens is 1. The van der Waals surface area contributed by atoms with Crippen LogP contribution in [0.15, 0.2) is 36.7 Å². The Labute approximate surface area is 161 Å². The standard InChI is InChI=1S/C19H21FN6S/c1-2-18-24-25-19(27-18)23-17-11-21-10-15(22-17)16-8-5-9-26(16)12-13-6-3-4-7-14(13)20/h3-4,6-7,10-11,16H,2,5,8-9,12H2,1H3,(H,22,23,25). The summed E-state index contributed by atoms with van der Waals surface area (Å²) in [6, 6.07) is 7.09. The number of benzene rings is 1. The maximum atomic E-state index is 14.0. The minimum atomic E-state index is -0.160. The normalized spacial score (nSPS) is 17.3. The summed E-state index contributed by atoms with van der Waals surface area (Å²) in [6.45, 7) is 3.55. The van der Waals surface area contributed by atoms with Gasteiger partial charge >= 0.3 is 0 Å². The zero-order valence-corrected chi connectivity index (χ0v) is 15.9. The van der Waals surface area contributed by atoms with Crippen molar-refractivity contribution in [1.82, 2.24) is 25.1 Å². The van der Waals surface area contributed by atoms with Crippen LogP contribution >= 0.6 is 11.3 Å². The summed E-state index contributed by atoms with van der Waals surface area (Å²) < 4.78 is 14.0. The van der Waals surface area contributed by atoms with Gasteiger partial charge in [0.05, 0.1) is 24.1 Å². The second kappa shape index (κ2) is 8.06. The minimum Gasteiger partial charge on any atom is -0.313 e. The summed E-state index contributed by atoms with van der Waals surface area (Å²) in [6.07, 6.45) is 6.40. The average Bonchev–Trinajstić information content (AvgIpc) is 3.33. The lowest BCUT2D eigenvalue weighted by molar-refractivity contribution is 0.241. The lowest BCUT2D eigenvalue weighted by Crippen LogP contribution is -2.24. The number of nitrogens with one attached hydrogen (secondary N) is 1. The van der Waals surface area contributed by atoms with Crippen LogP contribution in [0.4, 0.5) is 15.3 Å². The second-order valence-corrected chi connectivity index (χ2v) is 7.59. The number of aromatic nitrogens is 4. The molecule has 1 N–H and O–H groups in total. The number of aryl methyl sites for hydroxylation is 1. The molecule has 27 heavy (non-hydrogen) atoms. The van der Waals surface area contributed by atoms with Crippen LogP contribution in [0.5, 0.6) is 0 Å². The van der Waals surface area contributed by atoms with Gasteiger partial charge < -0.3 is 5.32 Å². The summed E-state index contributed by atoms with van der Waals surface area (Å²) in [5.41, 5.74) is 1.61. The Morgan fingerprint density at radius 3 is 2.96 bits per heavy atom. The Kier molecular flexibility index (Phi) is 5.35. The highest BCUT2D eigenvalue weighted by atomic mass is 32.1. The summed E-state index contributed by atoms with van der Waals surface area (Å²) in [5, 5.41) is 13.1. The van der Waals surface area contributed by atoms with Crippen molar-refractivity contribution in [2.75, 3.05) is 11.9 Å². The maximum Gasteiger partial charge on any atom is 0.211 e. The highest BCUT2D eigenvalue weighted by Crippen LogP contribution is 2.33. The quantitative estimate of drug-likeness (QED) is 0.690. The minimum absolute atomic E-state index is 0.138. The molecule has 2 aromatic heterocycles. The Morgan fingerprint density at radius 1 is 1.26 bits per heavy atom. The molecule has 4 rings (SSSR count). The average molecular weight is 384 g/mol. The molecule has 1 saturated heterocycles. The zero-order valence-electron chi connectivity index (χ0n) is 15.1. The molecule has 0 aliphatic carbocycles. The van der Waals surface area contributed by atoms with Crippen LogP contribution in [-0.4, -0.2) is 31.6 Å².